The van der Waals surface area contributed by atoms with Crippen LogP contribution >= 0.6 is 17.0 Å². The maximum atomic E-state index is 12.7. The number of carbonyl (C=O) groups is 1. The monoisotopic (exact) mass is 537 g/mol. The van der Waals surface area contributed by atoms with Crippen LogP contribution in [0, 0.1) is 46.3 Å². The molecule has 0 aromatic carbocycles. The Morgan fingerprint density at radius 3 is 2.47 bits per heavy atom. The SMILES string of the molecule is Br.C[C@H](CCC(=O)CCN1CCOCC1)[C@H]1CC[C@H]2[C@@H]3CCC4CCCC[C@]4(C)[C@H]3CC[C@]12C. The van der Waals surface area contributed by atoms with E-state index >= 15 is 0 Å². The molecule has 1 heterocycles. The van der Waals surface area contributed by atoms with E-state index in [1.807, 2.05) is 0 Å². The van der Waals surface area contributed by atoms with Crippen LogP contribution in [-0.4, -0.2) is 43.5 Å². The Labute approximate surface area is 220 Å². The molecular weight excluding hydrogens is 486 g/mol. The molecule has 4 saturated carbocycles. The van der Waals surface area contributed by atoms with E-state index in [0.29, 0.717) is 22.5 Å². The van der Waals surface area contributed by atoms with Gasteiger partial charge in [-0.1, -0.05) is 33.6 Å². The van der Waals surface area contributed by atoms with E-state index in [0.717, 1.165) is 81.7 Å². The van der Waals surface area contributed by atoms with Crippen molar-refractivity contribution in [2.24, 2.45) is 46.3 Å². The van der Waals surface area contributed by atoms with Crippen LogP contribution in [0.5, 0.6) is 0 Å². The van der Waals surface area contributed by atoms with Gasteiger partial charge in [-0.05, 0) is 104 Å². The van der Waals surface area contributed by atoms with E-state index in [-0.39, 0.29) is 17.0 Å². The van der Waals surface area contributed by atoms with Crippen LogP contribution in [0.3, 0.4) is 0 Å². The highest BCUT2D eigenvalue weighted by Crippen LogP contribution is 2.68. The van der Waals surface area contributed by atoms with Gasteiger partial charge in [0.1, 0.15) is 5.78 Å². The van der Waals surface area contributed by atoms with Gasteiger partial charge in [0.25, 0.3) is 0 Å². The Hall–Kier alpha value is 0.0700. The van der Waals surface area contributed by atoms with Gasteiger partial charge in [0, 0.05) is 32.5 Å². The topological polar surface area (TPSA) is 29.5 Å². The van der Waals surface area contributed by atoms with Crippen LogP contribution < -0.4 is 0 Å². The number of hydrogen-bond acceptors (Lipinski definition) is 3. The lowest BCUT2D eigenvalue weighted by Gasteiger charge is -2.61. The maximum Gasteiger partial charge on any atom is 0.134 e. The van der Waals surface area contributed by atoms with Crippen LogP contribution in [0.1, 0.15) is 104 Å². The predicted molar refractivity (Wildman–Crippen MR) is 145 cm³/mol. The number of hydrogen-bond donors (Lipinski definition) is 0. The second kappa shape index (κ2) is 11.2. The Bertz CT molecular complexity index is 693. The van der Waals surface area contributed by atoms with Crippen LogP contribution in [0.25, 0.3) is 0 Å². The first kappa shape index (κ1) is 27.1. The lowest BCUT2D eigenvalue weighted by molar-refractivity contribution is -0.121. The van der Waals surface area contributed by atoms with Gasteiger partial charge in [0.15, 0.2) is 0 Å². The minimum absolute atomic E-state index is 0. The molecule has 0 radical (unpaired) electrons. The third-order valence-corrected chi connectivity index (χ3v) is 12.0. The molecule has 0 spiro atoms. The summed E-state index contributed by atoms with van der Waals surface area (Å²) in [5.74, 6) is 6.01. The second-order valence-corrected chi connectivity index (χ2v) is 13.4. The molecule has 196 valence electrons. The first-order valence-electron chi connectivity index (χ1n) is 14.7. The summed E-state index contributed by atoms with van der Waals surface area (Å²) in [6.45, 7) is 12.4. The minimum Gasteiger partial charge on any atom is -0.379 e. The first-order chi connectivity index (χ1) is 15.9. The van der Waals surface area contributed by atoms with Crippen molar-refractivity contribution in [3.8, 4) is 0 Å². The molecule has 1 unspecified atom stereocenters. The zero-order chi connectivity index (χ0) is 23.1. The molecule has 5 rings (SSSR count). The average molecular weight is 539 g/mol. The molecule has 0 N–H and O–H groups in total. The number of halogens is 1. The third kappa shape index (κ3) is 5.08. The van der Waals surface area contributed by atoms with Crippen molar-refractivity contribution in [3.05, 3.63) is 0 Å². The van der Waals surface area contributed by atoms with Gasteiger partial charge >= 0.3 is 0 Å². The van der Waals surface area contributed by atoms with Crippen molar-refractivity contribution >= 4 is 22.8 Å². The quantitative estimate of drug-likeness (QED) is 0.340. The summed E-state index contributed by atoms with van der Waals surface area (Å²) < 4.78 is 5.43. The zero-order valence-electron chi connectivity index (χ0n) is 22.4. The third-order valence-electron chi connectivity index (χ3n) is 12.0. The van der Waals surface area contributed by atoms with Gasteiger partial charge in [-0.3, -0.25) is 9.69 Å². The van der Waals surface area contributed by atoms with E-state index in [1.54, 1.807) is 0 Å². The highest BCUT2D eigenvalue weighted by molar-refractivity contribution is 8.93. The van der Waals surface area contributed by atoms with E-state index in [4.69, 9.17) is 4.74 Å². The Morgan fingerprint density at radius 2 is 1.68 bits per heavy atom. The number of morpholine rings is 1. The normalized spacial score (nSPS) is 43.2. The summed E-state index contributed by atoms with van der Waals surface area (Å²) >= 11 is 0. The molecular formula is C30H52BrNO2. The number of carbonyl (C=O) groups excluding carboxylic acids is 1. The van der Waals surface area contributed by atoms with Crippen molar-refractivity contribution in [1.29, 1.82) is 0 Å². The van der Waals surface area contributed by atoms with Gasteiger partial charge in [-0.15, -0.1) is 17.0 Å². The number of fused-ring (bicyclic) bond motifs is 5. The van der Waals surface area contributed by atoms with Crippen molar-refractivity contribution in [2.45, 2.75) is 104 Å². The highest BCUT2D eigenvalue weighted by Gasteiger charge is 2.60. The minimum atomic E-state index is 0. The molecule has 5 fully saturated rings. The van der Waals surface area contributed by atoms with Gasteiger partial charge < -0.3 is 4.74 Å². The molecule has 0 amide bonds. The van der Waals surface area contributed by atoms with Gasteiger partial charge in [-0.2, -0.15) is 0 Å². The Kier molecular flexibility index (Phi) is 8.94. The standard InChI is InChI=1S/C30H51NO2.BrH/c1-22(7-9-24(32)14-17-31-18-20-33-21-19-31)26-11-12-27-25-10-8-23-6-4-5-15-29(23,2)28(25)13-16-30(26,27)3;/h22-23,25-28H,4-21H2,1-3H3;1H/t22-,23?,25+,26-,27+,28+,29+,30-;/m1./s1. The fraction of sp³-hybridized carbons (Fsp3) is 0.967. The molecule has 3 nitrogen and oxygen atoms in total. The van der Waals surface area contributed by atoms with Crippen molar-refractivity contribution in [2.75, 3.05) is 32.8 Å². The zero-order valence-corrected chi connectivity index (χ0v) is 24.1. The molecule has 1 aliphatic heterocycles. The largest absolute Gasteiger partial charge is 0.379 e. The van der Waals surface area contributed by atoms with E-state index < -0.39 is 0 Å². The summed E-state index contributed by atoms with van der Waals surface area (Å²) in [5, 5.41) is 0. The van der Waals surface area contributed by atoms with Crippen molar-refractivity contribution < 1.29 is 9.53 Å². The van der Waals surface area contributed by atoms with Crippen LogP contribution in [-0.2, 0) is 9.53 Å². The number of rotatable bonds is 7. The van der Waals surface area contributed by atoms with Crippen LogP contribution in [0.15, 0.2) is 0 Å². The summed E-state index contributed by atoms with van der Waals surface area (Å²) in [6, 6.07) is 0. The fourth-order valence-corrected chi connectivity index (χ4v) is 10.1. The molecule has 0 aromatic rings. The summed E-state index contributed by atoms with van der Waals surface area (Å²) in [5.41, 5.74) is 1.19. The molecule has 4 aliphatic carbocycles. The summed E-state index contributed by atoms with van der Waals surface area (Å²) in [6.07, 6.45) is 17.5. The number of ketones is 1. The van der Waals surface area contributed by atoms with Gasteiger partial charge in [0.2, 0.25) is 0 Å². The second-order valence-electron chi connectivity index (χ2n) is 13.4. The number of nitrogens with zero attached hydrogens (tertiary/aromatic N) is 1. The lowest BCUT2D eigenvalue weighted by atomic mass is 9.44. The highest BCUT2D eigenvalue weighted by atomic mass is 79.9. The molecule has 5 aliphatic rings. The summed E-state index contributed by atoms with van der Waals surface area (Å²) in [7, 11) is 0. The van der Waals surface area contributed by atoms with Crippen molar-refractivity contribution in [1.82, 2.24) is 4.90 Å². The smallest absolute Gasteiger partial charge is 0.134 e. The van der Waals surface area contributed by atoms with E-state index in [1.165, 1.54) is 64.2 Å². The molecule has 8 atom stereocenters. The van der Waals surface area contributed by atoms with Crippen LogP contribution in [0.4, 0.5) is 0 Å². The number of Topliss-reactive ketones (excluding diaryl/α,β-unsaturated/α-hetero) is 1. The molecule has 34 heavy (non-hydrogen) atoms. The Morgan fingerprint density at radius 1 is 0.912 bits per heavy atom. The summed E-state index contributed by atoms with van der Waals surface area (Å²) in [4.78, 5) is 15.1. The average Bonchev–Trinajstić information content (AvgIpc) is 3.19. The molecule has 4 heteroatoms. The number of ether oxygens (including phenoxy) is 1. The molecule has 0 bridgehead atoms. The molecule has 0 aromatic heterocycles. The predicted octanol–water partition coefficient (Wildman–Crippen LogP) is 7.32. The van der Waals surface area contributed by atoms with Crippen molar-refractivity contribution in [3.63, 3.8) is 0 Å². The lowest BCUT2D eigenvalue weighted by Crippen LogP contribution is -2.53. The maximum absolute atomic E-state index is 12.7. The first-order valence-corrected chi connectivity index (χ1v) is 14.7. The van der Waals surface area contributed by atoms with Crippen LogP contribution in [0.2, 0.25) is 0 Å². The van der Waals surface area contributed by atoms with E-state index in [2.05, 4.69) is 25.7 Å². The Balaban J connectivity index is 0.00000274. The van der Waals surface area contributed by atoms with E-state index in [9.17, 15) is 4.79 Å². The fourth-order valence-electron chi connectivity index (χ4n) is 10.1. The molecule has 1 saturated heterocycles. The van der Waals surface area contributed by atoms with Gasteiger partial charge in [0.05, 0.1) is 13.2 Å². The van der Waals surface area contributed by atoms with Gasteiger partial charge in [-0.25, -0.2) is 0 Å².